The first-order valence-electron chi connectivity index (χ1n) is 12.1. The molecular formula is C25H38N2O5S. The maximum Gasteiger partial charge on any atom is 0.311 e. The smallest absolute Gasteiger partial charge is 0.311 e. The molecule has 3 rings (SSSR count). The Morgan fingerprint density at radius 2 is 2.06 bits per heavy atom. The van der Waals surface area contributed by atoms with Crippen molar-refractivity contribution >= 4 is 29.5 Å². The van der Waals surface area contributed by atoms with E-state index in [4.69, 9.17) is 4.74 Å². The maximum absolute atomic E-state index is 13.9. The Kier molecular flexibility index (Phi) is 8.32. The Hall–Kier alpha value is -1.80. The third-order valence-corrected chi connectivity index (χ3v) is 9.35. The van der Waals surface area contributed by atoms with Crippen molar-refractivity contribution in [3.8, 4) is 0 Å². The molecule has 2 unspecified atom stereocenters. The molecule has 2 bridgehead atoms. The van der Waals surface area contributed by atoms with Crippen LogP contribution in [0.2, 0.25) is 0 Å². The molecule has 8 heteroatoms. The Morgan fingerprint density at radius 1 is 1.30 bits per heavy atom. The molecule has 0 saturated carbocycles. The van der Waals surface area contributed by atoms with E-state index in [0.29, 0.717) is 25.9 Å². The molecule has 1 spiro atoms. The zero-order valence-electron chi connectivity index (χ0n) is 20.0. The van der Waals surface area contributed by atoms with Crippen LogP contribution in [0.15, 0.2) is 25.3 Å². The molecule has 184 valence electrons. The van der Waals surface area contributed by atoms with Gasteiger partial charge in [0, 0.05) is 24.4 Å². The monoisotopic (exact) mass is 478 g/mol. The van der Waals surface area contributed by atoms with Crippen LogP contribution < -0.4 is 0 Å². The minimum atomic E-state index is -0.693. The average molecular weight is 479 g/mol. The number of carbonyl (C=O) groups is 3. The van der Waals surface area contributed by atoms with Gasteiger partial charge in [0.15, 0.2) is 0 Å². The van der Waals surface area contributed by atoms with Crippen LogP contribution in [-0.4, -0.2) is 81.1 Å². The molecule has 7 nitrogen and oxygen atoms in total. The number of β-amino-alcohol motifs (C(OH)–C–C–N with tert-alkyl or cyclic N) is 1. The number of likely N-dealkylation sites (tertiary alicyclic amines) is 1. The minimum Gasteiger partial charge on any atom is -0.465 e. The normalized spacial score (nSPS) is 32.0. The van der Waals surface area contributed by atoms with Crippen LogP contribution in [-0.2, 0) is 19.1 Å². The lowest BCUT2D eigenvalue weighted by Crippen LogP contribution is -2.55. The molecule has 0 aromatic rings. The van der Waals surface area contributed by atoms with Crippen LogP contribution in [0.3, 0.4) is 0 Å². The molecule has 3 aliphatic rings. The SMILES string of the molecule is C=CCCOC(=O)[C@H]1[C@H]2C(=O)N(CCO)C(C(=O)N(CC=C)CCCCC)C23CC[C@]1(C)S3. The summed E-state index contributed by atoms with van der Waals surface area (Å²) in [5.74, 6) is -1.89. The molecule has 33 heavy (non-hydrogen) atoms. The second kappa shape index (κ2) is 10.6. The highest BCUT2D eigenvalue weighted by Crippen LogP contribution is 2.71. The Balaban J connectivity index is 1.95. The van der Waals surface area contributed by atoms with E-state index in [1.165, 1.54) is 4.90 Å². The van der Waals surface area contributed by atoms with Crippen LogP contribution in [0.25, 0.3) is 0 Å². The van der Waals surface area contributed by atoms with Gasteiger partial charge in [0.2, 0.25) is 11.8 Å². The van der Waals surface area contributed by atoms with Crippen molar-refractivity contribution in [3.05, 3.63) is 25.3 Å². The number of hydrogen-bond acceptors (Lipinski definition) is 6. The van der Waals surface area contributed by atoms with Gasteiger partial charge in [0.25, 0.3) is 0 Å². The van der Waals surface area contributed by atoms with Crippen LogP contribution in [0, 0.1) is 11.8 Å². The summed E-state index contributed by atoms with van der Waals surface area (Å²) in [4.78, 5) is 44.1. The first-order chi connectivity index (χ1) is 15.8. The van der Waals surface area contributed by atoms with Gasteiger partial charge in [-0.15, -0.1) is 24.9 Å². The molecule has 0 aliphatic carbocycles. The van der Waals surface area contributed by atoms with Gasteiger partial charge in [0.1, 0.15) is 6.04 Å². The number of aliphatic hydroxyl groups excluding tert-OH is 1. The molecule has 5 atom stereocenters. The van der Waals surface area contributed by atoms with E-state index < -0.39 is 27.4 Å². The Bertz CT molecular complexity index is 789. The lowest BCUT2D eigenvalue weighted by atomic mass is 9.66. The summed E-state index contributed by atoms with van der Waals surface area (Å²) < 4.78 is 4.41. The summed E-state index contributed by atoms with van der Waals surface area (Å²) >= 11 is 1.62. The second-order valence-electron chi connectivity index (χ2n) is 9.51. The van der Waals surface area contributed by atoms with Crippen molar-refractivity contribution in [1.82, 2.24) is 9.80 Å². The molecule has 3 aliphatic heterocycles. The van der Waals surface area contributed by atoms with Crippen molar-refractivity contribution in [2.24, 2.45) is 11.8 Å². The molecule has 2 amide bonds. The van der Waals surface area contributed by atoms with Crippen molar-refractivity contribution in [3.63, 3.8) is 0 Å². The van der Waals surface area contributed by atoms with Crippen LogP contribution in [0.1, 0.15) is 52.4 Å². The van der Waals surface area contributed by atoms with E-state index in [-0.39, 0.29) is 37.5 Å². The first-order valence-corrected chi connectivity index (χ1v) is 12.9. The molecule has 0 radical (unpaired) electrons. The van der Waals surface area contributed by atoms with E-state index >= 15 is 0 Å². The summed E-state index contributed by atoms with van der Waals surface area (Å²) in [7, 11) is 0. The number of unbranched alkanes of at least 4 members (excludes halogenated alkanes) is 2. The molecule has 0 aromatic carbocycles. The van der Waals surface area contributed by atoms with Crippen molar-refractivity contribution in [1.29, 1.82) is 0 Å². The van der Waals surface area contributed by atoms with Gasteiger partial charge >= 0.3 is 5.97 Å². The van der Waals surface area contributed by atoms with E-state index in [1.807, 2.05) is 6.92 Å². The third-order valence-electron chi connectivity index (χ3n) is 7.36. The Morgan fingerprint density at radius 3 is 2.70 bits per heavy atom. The van der Waals surface area contributed by atoms with Gasteiger partial charge in [-0.1, -0.05) is 31.9 Å². The molecule has 3 heterocycles. The van der Waals surface area contributed by atoms with Crippen LogP contribution in [0.4, 0.5) is 0 Å². The number of carbonyl (C=O) groups excluding carboxylic acids is 3. The number of thioether (sulfide) groups is 1. The number of rotatable bonds is 13. The summed E-state index contributed by atoms with van der Waals surface area (Å²) in [6.45, 7) is 12.7. The fourth-order valence-electron chi connectivity index (χ4n) is 5.92. The zero-order valence-corrected chi connectivity index (χ0v) is 20.8. The van der Waals surface area contributed by atoms with E-state index in [2.05, 4.69) is 20.1 Å². The van der Waals surface area contributed by atoms with Gasteiger partial charge in [-0.05, 0) is 32.6 Å². The van der Waals surface area contributed by atoms with E-state index in [9.17, 15) is 19.5 Å². The minimum absolute atomic E-state index is 0.0832. The topological polar surface area (TPSA) is 87.1 Å². The molecule has 0 aromatic heterocycles. The quantitative estimate of drug-likeness (QED) is 0.249. The first kappa shape index (κ1) is 25.8. The fourth-order valence-corrected chi connectivity index (χ4v) is 8.26. The number of hydrogen-bond donors (Lipinski definition) is 1. The number of ether oxygens (including phenoxy) is 1. The number of amides is 2. The third kappa shape index (κ3) is 4.48. The largest absolute Gasteiger partial charge is 0.465 e. The zero-order chi connectivity index (χ0) is 24.2. The summed E-state index contributed by atoms with van der Waals surface area (Å²) in [5, 5.41) is 9.72. The summed E-state index contributed by atoms with van der Waals surface area (Å²) in [6.07, 6.45) is 8.35. The van der Waals surface area contributed by atoms with Gasteiger partial charge in [0.05, 0.1) is 29.8 Å². The summed E-state index contributed by atoms with van der Waals surface area (Å²) in [5.41, 5.74) is 0. The molecule has 3 fully saturated rings. The lowest BCUT2D eigenvalue weighted by Gasteiger charge is -2.37. The van der Waals surface area contributed by atoms with Crippen molar-refractivity contribution in [2.45, 2.75) is 67.9 Å². The fraction of sp³-hybridized carbons (Fsp3) is 0.720. The average Bonchev–Trinajstić information content (AvgIpc) is 3.34. The van der Waals surface area contributed by atoms with Gasteiger partial charge < -0.3 is 19.6 Å². The standard InChI is InChI=1S/C25H38N2O5S/c1-5-8-10-14-26(13-7-3)22(30)20-25-12-11-24(4,33-25)19(23(31)32-17-9-6-2)18(25)21(29)27(20)15-16-28/h6-7,18-20,28H,2-3,5,8-17H2,1,4H3/t18-,19+,20?,24-,25?/m0/s1. The van der Waals surface area contributed by atoms with Crippen molar-refractivity contribution in [2.75, 3.05) is 32.8 Å². The number of aliphatic hydroxyl groups is 1. The van der Waals surface area contributed by atoms with Gasteiger partial charge in [-0.2, -0.15) is 0 Å². The lowest BCUT2D eigenvalue weighted by molar-refractivity contribution is -0.155. The van der Waals surface area contributed by atoms with Crippen LogP contribution >= 0.6 is 11.8 Å². The molecule has 1 N–H and O–H groups in total. The number of esters is 1. The predicted molar refractivity (Wildman–Crippen MR) is 130 cm³/mol. The van der Waals surface area contributed by atoms with Gasteiger partial charge in [-0.25, -0.2) is 0 Å². The molecule has 3 saturated heterocycles. The molecular weight excluding hydrogens is 440 g/mol. The summed E-state index contributed by atoms with van der Waals surface area (Å²) in [6, 6.07) is -0.693. The highest BCUT2D eigenvalue weighted by atomic mass is 32.2. The maximum atomic E-state index is 13.9. The number of fused-ring (bicyclic) bond motifs is 1. The Labute approximate surface area is 201 Å². The highest BCUT2D eigenvalue weighted by Gasteiger charge is 2.77. The number of nitrogens with zero attached hydrogens (tertiary/aromatic N) is 2. The van der Waals surface area contributed by atoms with Crippen LogP contribution in [0.5, 0.6) is 0 Å². The second-order valence-corrected chi connectivity index (χ2v) is 11.4. The van der Waals surface area contributed by atoms with E-state index in [1.54, 1.807) is 28.8 Å². The highest BCUT2D eigenvalue weighted by molar-refractivity contribution is 8.02. The van der Waals surface area contributed by atoms with Gasteiger partial charge in [-0.3, -0.25) is 14.4 Å². The predicted octanol–water partition coefficient (Wildman–Crippen LogP) is 2.78. The van der Waals surface area contributed by atoms with Crippen molar-refractivity contribution < 1.29 is 24.2 Å². The van der Waals surface area contributed by atoms with E-state index in [0.717, 1.165) is 25.7 Å².